The summed E-state index contributed by atoms with van der Waals surface area (Å²) in [5.74, 6) is 0. The molecule has 0 aliphatic carbocycles. The first-order chi connectivity index (χ1) is 6.83. The van der Waals surface area contributed by atoms with E-state index in [2.05, 4.69) is 34.1 Å². The molecular weight excluding hydrogens is 244 g/mol. The molecule has 0 aliphatic rings. The molecule has 14 heavy (non-hydrogen) atoms. The molecule has 0 heterocycles. The Morgan fingerprint density at radius 2 is 2.21 bits per heavy atom. The number of hydrogen-bond acceptors (Lipinski definition) is 2. The summed E-state index contributed by atoms with van der Waals surface area (Å²) >= 11 is 3.44. The molecule has 0 atom stereocenters. The summed E-state index contributed by atoms with van der Waals surface area (Å²) in [5.41, 5.74) is 1.33. The Morgan fingerprint density at radius 3 is 2.93 bits per heavy atom. The van der Waals surface area contributed by atoms with Gasteiger partial charge in [-0.15, -0.1) is 0 Å². The average Bonchev–Trinajstić information content (AvgIpc) is 2.18. The highest BCUT2D eigenvalue weighted by Gasteiger charge is 1.94. The van der Waals surface area contributed by atoms with Crippen molar-refractivity contribution in [2.75, 3.05) is 20.5 Å². The number of rotatable bonds is 6. The third-order valence-electron chi connectivity index (χ3n) is 1.84. The summed E-state index contributed by atoms with van der Waals surface area (Å²) in [6.45, 7) is 1.14. The minimum Gasteiger partial charge on any atom is -0.359 e. The van der Waals surface area contributed by atoms with Crippen LogP contribution in [0.2, 0.25) is 0 Å². The Bertz CT molecular complexity index is 263. The molecule has 3 heteroatoms. The number of benzene rings is 1. The second kappa shape index (κ2) is 6.98. The first-order valence-electron chi connectivity index (χ1n) is 4.64. The normalized spacial score (nSPS) is 10.4. The van der Waals surface area contributed by atoms with E-state index < -0.39 is 0 Å². The van der Waals surface area contributed by atoms with Crippen molar-refractivity contribution < 1.29 is 9.47 Å². The van der Waals surface area contributed by atoms with Gasteiger partial charge in [0.25, 0.3) is 0 Å². The maximum atomic E-state index is 5.20. The van der Waals surface area contributed by atoms with E-state index in [1.807, 2.05) is 6.07 Å². The van der Waals surface area contributed by atoms with E-state index in [0.717, 1.165) is 23.9 Å². The van der Waals surface area contributed by atoms with Crippen LogP contribution in [-0.4, -0.2) is 20.5 Å². The first-order valence-corrected chi connectivity index (χ1v) is 5.43. The molecule has 0 saturated heterocycles. The van der Waals surface area contributed by atoms with E-state index >= 15 is 0 Å². The molecule has 2 nitrogen and oxygen atoms in total. The molecule has 0 fully saturated rings. The Balaban J connectivity index is 2.18. The van der Waals surface area contributed by atoms with Gasteiger partial charge in [-0.05, 0) is 30.5 Å². The molecule has 0 unspecified atom stereocenters. The van der Waals surface area contributed by atoms with Crippen molar-refractivity contribution in [1.82, 2.24) is 0 Å². The van der Waals surface area contributed by atoms with Crippen LogP contribution in [0.5, 0.6) is 0 Å². The second-order valence-corrected chi connectivity index (χ2v) is 3.96. The van der Waals surface area contributed by atoms with Crippen molar-refractivity contribution in [2.24, 2.45) is 0 Å². The fourth-order valence-electron chi connectivity index (χ4n) is 1.21. The van der Waals surface area contributed by atoms with Crippen LogP contribution in [0.25, 0.3) is 0 Å². The molecule has 0 bridgehead atoms. The average molecular weight is 259 g/mol. The zero-order valence-corrected chi connectivity index (χ0v) is 9.92. The summed E-state index contributed by atoms with van der Waals surface area (Å²) in [7, 11) is 1.63. The molecule has 0 aromatic heterocycles. The van der Waals surface area contributed by atoms with Gasteiger partial charge in [0.05, 0.1) is 0 Å². The zero-order chi connectivity index (χ0) is 10.2. The third kappa shape index (κ3) is 4.74. The molecule has 0 aliphatic heterocycles. The summed E-state index contributed by atoms with van der Waals surface area (Å²) in [4.78, 5) is 0. The Kier molecular flexibility index (Phi) is 5.83. The summed E-state index contributed by atoms with van der Waals surface area (Å²) < 4.78 is 11.1. The van der Waals surface area contributed by atoms with Gasteiger partial charge >= 0.3 is 0 Å². The quantitative estimate of drug-likeness (QED) is 0.577. The van der Waals surface area contributed by atoms with Gasteiger partial charge in [0.1, 0.15) is 6.79 Å². The molecular formula is C11H15BrO2. The molecule has 0 saturated carbocycles. The number of ether oxygens (including phenoxy) is 2. The van der Waals surface area contributed by atoms with Crippen LogP contribution in [0.1, 0.15) is 12.0 Å². The highest BCUT2D eigenvalue weighted by Crippen LogP contribution is 2.12. The number of aryl methyl sites for hydroxylation is 1. The Labute approximate surface area is 93.4 Å². The summed E-state index contributed by atoms with van der Waals surface area (Å²) in [5, 5.41) is 0. The van der Waals surface area contributed by atoms with Gasteiger partial charge in [-0.1, -0.05) is 28.1 Å². The monoisotopic (exact) mass is 258 g/mol. The van der Waals surface area contributed by atoms with E-state index in [0.29, 0.717) is 6.79 Å². The van der Waals surface area contributed by atoms with Crippen molar-refractivity contribution in [3.63, 3.8) is 0 Å². The van der Waals surface area contributed by atoms with Crippen molar-refractivity contribution in [1.29, 1.82) is 0 Å². The lowest BCUT2D eigenvalue weighted by Crippen LogP contribution is -1.99. The Morgan fingerprint density at radius 1 is 1.36 bits per heavy atom. The van der Waals surface area contributed by atoms with Crippen LogP contribution in [0, 0.1) is 0 Å². The van der Waals surface area contributed by atoms with Crippen molar-refractivity contribution in [3.05, 3.63) is 34.3 Å². The fraction of sp³-hybridized carbons (Fsp3) is 0.455. The maximum absolute atomic E-state index is 5.20. The van der Waals surface area contributed by atoms with Crippen LogP contribution in [-0.2, 0) is 15.9 Å². The van der Waals surface area contributed by atoms with Gasteiger partial charge < -0.3 is 9.47 Å². The summed E-state index contributed by atoms with van der Waals surface area (Å²) in [6.07, 6.45) is 2.07. The molecule has 1 aromatic rings. The molecule has 1 aromatic carbocycles. The van der Waals surface area contributed by atoms with Crippen LogP contribution >= 0.6 is 15.9 Å². The van der Waals surface area contributed by atoms with Gasteiger partial charge in [-0.3, -0.25) is 0 Å². The molecule has 0 amide bonds. The number of hydrogen-bond donors (Lipinski definition) is 0. The van der Waals surface area contributed by atoms with Crippen LogP contribution in [0.15, 0.2) is 28.7 Å². The van der Waals surface area contributed by atoms with Gasteiger partial charge in [0.2, 0.25) is 0 Å². The van der Waals surface area contributed by atoms with Crippen molar-refractivity contribution in [3.8, 4) is 0 Å². The van der Waals surface area contributed by atoms with Crippen LogP contribution < -0.4 is 0 Å². The predicted octanol–water partition coefficient (Wildman–Crippen LogP) is 3.00. The minimum atomic E-state index is 0.387. The first kappa shape index (κ1) is 11.7. The number of halogens is 1. The smallest absolute Gasteiger partial charge is 0.146 e. The lowest BCUT2D eigenvalue weighted by atomic mass is 10.1. The lowest BCUT2D eigenvalue weighted by Gasteiger charge is -2.03. The fourth-order valence-corrected chi connectivity index (χ4v) is 1.66. The van der Waals surface area contributed by atoms with Crippen molar-refractivity contribution >= 4 is 15.9 Å². The summed E-state index contributed by atoms with van der Waals surface area (Å²) in [6, 6.07) is 8.34. The van der Waals surface area contributed by atoms with Crippen molar-refractivity contribution in [2.45, 2.75) is 12.8 Å². The Hall–Kier alpha value is -0.380. The second-order valence-electron chi connectivity index (χ2n) is 3.05. The lowest BCUT2D eigenvalue weighted by molar-refractivity contribution is -0.0310. The maximum Gasteiger partial charge on any atom is 0.146 e. The molecule has 0 spiro atoms. The van der Waals surface area contributed by atoms with E-state index in [1.54, 1.807) is 7.11 Å². The SMILES string of the molecule is COCOCCCc1cccc(Br)c1. The number of methoxy groups -OCH3 is 1. The third-order valence-corrected chi connectivity index (χ3v) is 2.34. The van der Waals surface area contributed by atoms with Crippen LogP contribution in [0.4, 0.5) is 0 Å². The standard InChI is InChI=1S/C11H15BrO2/c1-13-9-14-7-3-5-10-4-2-6-11(12)8-10/h2,4,6,8H,3,5,7,9H2,1H3. The highest BCUT2D eigenvalue weighted by molar-refractivity contribution is 9.10. The minimum absolute atomic E-state index is 0.387. The molecule has 78 valence electrons. The van der Waals surface area contributed by atoms with E-state index in [-0.39, 0.29) is 0 Å². The van der Waals surface area contributed by atoms with Gasteiger partial charge in [0, 0.05) is 18.2 Å². The van der Waals surface area contributed by atoms with Gasteiger partial charge in [-0.2, -0.15) is 0 Å². The topological polar surface area (TPSA) is 18.5 Å². The highest BCUT2D eigenvalue weighted by atomic mass is 79.9. The molecule has 1 rings (SSSR count). The van der Waals surface area contributed by atoms with Gasteiger partial charge in [0.15, 0.2) is 0 Å². The molecule has 0 N–H and O–H groups in total. The largest absolute Gasteiger partial charge is 0.359 e. The zero-order valence-electron chi connectivity index (χ0n) is 8.33. The van der Waals surface area contributed by atoms with E-state index in [9.17, 15) is 0 Å². The molecule has 0 radical (unpaired) electrons. The van der Waals surface area contributed by atoms with E-state index in [1.165, 1.54) is 5.56 Å². The van der Waals surface area contributed by atoms with Crippen LogP contribution in [0.3, 0.4) is 0 Å². The predicted molar refractivity (Wildman–Crippen MR) is 60.3 cm³/mol. The van der Waals surface area contributed by atoms with E-state index in [4.69, 9.17) is 9.47 Å². The van der Waals surface area contributed by atoms with Gasteiger partial charge in [-0.25, -0.2) is 0 Å².